The maximum Gasteiger partial charge on any atom is 0.137 e. The van der Waals surface area contributed by atoms with Crippen LogP contribution in [0.4, 0.5) is 0 Å². The molecule has 44 heavy (non-hydrogen) atoms. The fourth-order valence-corrected chi connectivity index (χ4v) is 7.43. The van der Waals surface area contributed by atoms with Gasteiger partial charge in [-0.15, -0.1) is 0 Å². The van der Waals surface area contributed by atoms with Gasteiger partial charge in [0.25, 0.3) is 0 Å². The largest absolute Gasteiger partial charge is 0.456 e. The van der Waals surface area contributed by atoms with E-state index < -0.39 is 0 Å². The molecule has 3 heteroatoms. The van der Waals surface area contributed by atoms with Crippen LogP contribution in [0.3, 0.4) is 0 Å². The minimum absolute atomic E-state index is 0.0304. The molecule has 2 nitrogen and oxygen atoms in total. The molecule has 214 valence electrons. The highest BCUT2D eigenvalue weighted by Crippen LogP contribution is 2.43. The Bertz CT molecular complexity index is 2240. The second-order valence-electron chi connectivity index (χ2n) is 11.8. The van der Waals surface area contributed by atoms with Gasteiger partial charge in [0.1, 0.15) is 11.2 Å². The average Bonchev–Trinajstić information content (AvgIpc) is 3.41. The Morgan fingerprint density at radius 1 is 0.727 bits per heavy atom. The van der Waals surface area contributed by atoms with Crippen molar-refractivity contribution in [2.45, 2.75) is 32.2 Å². The maximum absolute atomic E-state index is 7.07. The second-order valence-corrected chi connectivity index (χ2v) is 12.2. The lowest BCUT2D eigenvalue weighted by Crippen LogP contribution is -2.18. The van der Waals surface area contributed by atoms with Crippen LogP contribution in [0.25, 0.3) is 49.1 Å². The molecule has 0 aliphatic carbocycles. The molecule has 1 aliphatic rings. The van der Waals surface area contributed by atoms with Gasteiger partial charge in [-0.25, -0.2) is 0 Å². The lowest BCUT2D eigenvalue weighted by molar-refractivity contribution is 0.519. The van der Waals surface area contributed by atoms with Crippen molar-refractivity contribution < 1.29 is 4.42 Å². The summed E-state index contributed by atoms with van der Waals surface area (Å²) in [4.78, 5) is 5.61. The molecule has 2 atom stereocenters. The number of fused-ring (bicyclic) bond motifs is 5. The quantitative estimate of drug-likeness (QED) is 0.200. The second kappa shape index (κ2) is 11.1. The summed E-state index contributed by atoms with van der Waals surface area (Å²) in [5.74, 6) is 0.219. The summed E-state index contributed by atoms with van der Waals surface area (Å²) in [7, 11) is 0. The molecule has 0 fully saturated rings. The third-order valence-corrected chi connectivity index (χ3v) is 9.52. The molecular formula is C41H32ClNO. The topological polar surface area (TPSA) is 25.5 Å². The normalized spacial score (nSPS) is 19.9. The van der Waals surface area contributed by atoms with E-state index in [-0.39, 0.29) is 12.0 Å². The van der Waals surface area contributed by atoms with Gasteiger partial charge in [-0.1, -0.05) is 122 Å². The van der Waals surface area contributed by atoms with E-state index in [0.717, 1.165) is 57.9 Å². The summed E-state index contributed by atoms with van der Waals surface area (Å²) < 4.78 is 6.45. The van der Waals surface area contributed by atoms with E-state index in [1.54, 1.807) is 0 Å². The van der Waals surface area contributed by atoms with Crippen LogP contribution in [0.1, 0.15) is 48.9 Å². The van der Waals surface area contributed by atoms with E-state index in [1.165, 1.54) is 32.9 Å². The van der Waals surface area contributed by atoms with Gasteiger partial charge in [-0.3, -0.25) is 4.99 Å². The molecule has 0 N–H and O–H groups in total. The van der Waals surface area contributed by atoms with Gasteiger partial charge in [0.15, 0.2) is 0 Å². The summed E-state index contributed by atoms with van der Waals surface area (Å²) in [5.41, 5.74) is 7.69. The van der Waals surface area contributed by atoms with Gasteiger partial charge >= 0.3 is 0 Å². The number of benzene rings is 6. The average molecular weight is 590 g/mol. The summed E-state index contributed by atoms with van der Waals surface area (Å²) in [5, 5.41) is 7.61. The highest BCUT2D eigenvalue weighted by Gasteiger charge is 2.29. The highest BCUT2D eigenvalue weighted by atomic mass is 35.5. The molecule has 0 spiro atoms. The van der Waals surface area contributed by atoms with Crippen LogP contribution in [-0.4, -0.2) is 5.71 Å². The van der Waals surface area contributed by atoms with Crippen molar-refractivity contribution in [1.29, 1.82) is 0 Å². The van der Waals surface area contributed by atoms with E-state index in [2.05, 4.69) is 134 Å². The van der Waals surface area contributed by atoms with Crippen LogP contribution in [0.15, 0.2) is 137 Å². The van der Waals surface area contributed by atoms with E-state index >= 15 is 0 Å². The van der Waals surface area contributed by atoms with Crippen molar-refractivity contribution in [1.82, 2.24) is 0 Å². The zero-order valence-electron chi connectivity index (χ0n) is 24.6. The molecule has 6 aromatic carbocycles. The van der Waals surface area contributed by atoms with Crippen LogP contribution in [0.5, 0.6) is 0 Å². The lowest BCUT2D eigenvalue weighted by Gasteiger charge is -2.30. The molecule has 1 aliphatic heterocycles. The van der Waals surface area contributed by atoms with Gasteiger partial charge in [-0.2, -0.15) is 0 Å². The predicted octanol–water partition coefficient (Wildman–Crippen LogP) is 12.0. The number of furan rings is 1. The van der Waals surface area contributed by atoms with Gasteiger partial charge < -0.3 is 4.42 Å². The Balaban J connectivity index is 1.28. The third-order valence-electron chi connectivity index (χ3n) is 9.23. The molecule has 0 bridgehead atoms. The molecule has 0 amide bonds. The Morgan fingerprint density at radius 3 is 2.27 bits per heavy atom. The maximum atomic E-state index is 7.07. The van der Waals surface area contributed by atoms with Crippen LogP contribution in [0, 0.1) is 5.92 Å². The molecule has 0 saturated carbocycles. The lowest BCUT2D eigenvalue weighted by atomic mass is 9.79. The first-order valence-electron chi connectivity index (χ1n) is 15.5. The van der Waals surface area contributed by atoms with Gasteiger partial charge in [0.2, 0.25) is 0 Å². The number of allylic oxidation sites excluding steroid dienone is 1. The molecule has 0 saturated heterocycles. The molecule has 1 aromatic heterocycles. The smallest absolute Gasteiger partial charge is 0.137 e. The summed E-state index contributed by atoms with van der Waals surface area (Å²) >= 11 is 7.07. The number of aliphatic imine (C=N–C) groups is 1. The molecule has 2 unspecified atom stereocenters. The SMILES string of the molecule is CCC1/C(c2cccc3ccccc23)=C\CC/C(c2cc(Cl)c3c(c2)oc2cc4ccccc4cc23)=N\C1c1ccccc1. The fourth-order valence-electron chi connectivity index (χ4n) is 7.12. The van der Waals surface area contributed by atoms with Crippen molar-refractivity contribution in [2.24, 2.45) is 10.9 Å². The standard InChI is InChI=1S/C41H32ClNO/c1-2-31-33(34-19-10-17-26-12-8-9-18-32(26)34)20-11-21-37(43-41(31)27-13-4-3-5-14-27)30-23-36(42)40-35-22-28-15-6-7-16-29(28)24-38(35)44-39(40)25-30/h3-10,12-20,22-25,31,41H,2,11,21H2,1H3/b33-20+,43-37+. The number of hydrogen-bond donors (Lipinski definition) is 0. The molecule has 7 aromatic rings. The monoisotopic (exact) mass is 589 g/mol. The van der Waals surface area contributed by atoms with Crippen molar-refractivity contribution in [3.05, 3.63) is 149 Å². The van der Waals surface area contributed by atoms with Crippen LogP contribution in [-0.2, 0) is 0 Å². The predicted molar refractivity (Wildman–Crippen MR) is 187 cm³/mol. The van der Waals surface area contributed by atoms with Crippen LogP contribution < -0.4 is 0 Å². The van der Waals surface area contributed by atoms with Gasteiger partial charge in [-0.05, 0) is 81.8 Å². The number of nitrogens with zero attached hydrogens (tertiary/aromatic N) is 1. The zero-order chi connectivity index (χ0) is 29.6. The van der Waals surface area contributed by atoms with Crippen molar-refractivity contribution >= 4 is 66.4 Å². The Hall–Kier alpha value is -4.66. The first kappa shape index (κ1) is 26.9. The summed E-state index contributed by atoms with van der Waals surface area (Å²) in [6.45, 7) is 2.29. The molecule has 2 heterocycles. The first-order valence-corrected chi connectivity index (χ1v) is 15.9. The van der Waals surface area contributed by atoms with E-state index in [1.807, 2.05) is 0 Å². The summed E-state index contributed by atoms with van der Waals surface area (Å²) in [6, 6.07) is 43.0. The number of hydrogen-bond acceptors (Lipinski definition) is 2. The molecular weight excluding hydrogens is 558 g/mol. The van der Waals surface area contributed by atoms with E-state index in [0.29, 0.717) is 5.02 Å². The fraction of sp³-hybridized carbons (Fsp3) is 0.146. The first-order chi connectivity index (χ1) is 21.7. The van der Waals surface area contributed by atoms with Crippen molar-refractivity contribution in [2.75, 3.05) is 0 Å². The zero-order valence-corrected chi connectivity index (χ0v) is 25.4. The Morgan fingerprint density at radius 2 is 1.45 bits per heavy atom. The minimum Gasteiger partial charge on any atom is -0.456 e. The third kappa shape index (κ3) is 4.62. The van der Waals surface area contributed by atoms with E-state index in [4.69, 9.17) is 21.0 Å². The van der Waals surface area contributed by atoms with E-state index in [9.17, 15) is 0 Å². The van der Waals surface area contributed by atoms with Crippen molar-refractivity contribution in [3.63, 3.8) is 0 Å². The molecule has 0 radical (unpaired) electrons. The van der Waals surface area contributed by atoms with Crippen LogP contribution >= 0.6 is 11.6 Å². The summed E-state index contributed by atoms with van der Waals surface area (Å²) in [6.07, 6.45) is 5.16. The Labute approximate surface area is 262 Å². The van der Waals surface area contributed by atoms with Crippen molar-refractivity contribution in [3.8, 4) is 0 Å². The van der Waals surface area contributed by atoms with Crippen LogP contribution in [0.2, 0.25) is 5.02 Å². The minimum atomic E-state index is -0.0304. The Kier molecular flexibility index (Phi) is 6.80. The van der Waals surface area contributed by atoms with Gasteiger partial charge in [0.05, 0.1) is 11.1 Å². The van der Waals surface area contributed by atoms with Gasteiger partial charge in [0, 0.05) is 28.0 Å². The molecule has 8 rings (SSSR count). The number of rotatable bonds is 4. The number of halogens is 1. The highest BCUT2D eigenvalue weighted by molar-refractivity contribution is 6.38.